The van der Waals surface area contributed by atoms with E-state index in [1.165, 1.54) is 23.1 Å². The molecule has 0 atom stereocenters. The molecule has 0 spiro atoms. The molecule has 0 aliphatic rings. The van der Waals surface area contributed by atoms with Crippen molar-refractivity contribution in [3.63, 3.8) is 0 Å². The number of para-hydroxylation sites is 1. The number of carbonyl (C=O) groups is 1. The smallest absolute Gasteiger partial charge is 0.263 e. The number of aromatic nitrogens is 2. The van der Waals surface area contributed by atoms with Gasteiger partial charge in [-0.1, -0.05) is 48.8 Å². The SMILES string of the molecule is CCCCn1c(SCC(=O)Nc2ccccc2Cl)nc2sc(C)c(C)c2c1=O. The quantitative estimate of drug-likeness (QED) is 0.406. The second kappa shape index (κ2) is 9.11. The van der Waals surface area contributed by atoms with E-state index >= 15 is 0 Å². The highest BCUT2D eigenvalue weighted by molar-refractivity contribution is 7.99. The minimum absolute atomic E-state index is 0.0192. The van der Waals surface area contributed by atoms with E-state index in [1.807, 2.05) is 26.0 Å². The Balaban J connectivity index is 1.86. The summed E-state index contributed by atoms with van der Waals surface area (Å²) in [5.41, 5.74) is 1.55. The van der Waals surface area contributed by atoms with Gasteiger partial charge in [0.1, 0.15) is 4.83 Å². The average Bonchev–Trinajstić information content (AvgIpc) is 2.95. The summed E-state index contributed by atoms with van der Waals surface area (Å²) in [4.78, 5) is 32.0. The normalized spacial score (nSPS) is 11.1. The van der Waals surface area contributed by atoms with Gasteiger partial charge in [0.05, 0.1) is 21.8 Å². The van der Waals surface area contributed by atoms with Crippen molar-refractivity contribution >= 4 is 56.5 Å². The van der Waals surface area contributed by atoms with Gasteiger partial charge >= 0.3 is 0 Å². The van der Waals surface area contributed by atoms with Gasteiger partial charge in [0.15, 0.2) is 5.16 Å². The van der Waals surface area contributed by atoms with Crippen LogP contribution in [0.15, 0.2) is 34.2 Å². The number of fused-ring (bicyclic) bond motifs is 1. The van der Waals surface area contributed by atoms with Crippen molar-refractivity contribution in [1.82, 2.24) is 9.55 Å². The lowest BCUT2D eigenvalue weighted by Gasteiger charge is -2.12. The van der Waals surface area contributed by atoms with Gasteiger partial charge in [-0.2, -0.15) is 0 Å². The van der Waals surface area contributed by atoms with Crippen LogP contribution in [0, 0.1) is 13.8 Å². The fraction of sp³-hybridized carbons (Fsp3) is 0.350. The monoisotopic (exact) mass is 435 g/mol. The van der Waals surface area contributed by atoms with Gasteiger partial charge in [-0.25, -0.2) is 4.98 Å². The van der Waals surface area contributed by atoms with Crippen LogP contribution in [0.1, 0.15) is 30.2 Å². The zero-order valence-electron chi connectivity index (χ0n) is 16.0. The van der Waals surface area contributed by atoms with Crippen LogP contribution in [0.2, 0.25) is 5.02 Å². The summed E-state index contributed by atoms with van der Waals surface area (Å²) in [6.45, 7) is 6.65. The summed E-state index contributed by atoms with van der Waals surface area (Å²) in [5, 5.41) is 4.58. The van der Waals surface area contributed by atoms with E-state index in [0.29, 0.717) is 27.8 Å². The number of hydrogen-bond acceptors (Lipinski definition) is 5. The Bertz CT molecular complexity index is 1080. The number of amides is 1. The number of benzene rings is 1. The first-order valence-corrected chi connectivity index (χ1v) is 11.3. The Morgan fingerprint density at radius 2 is 2.07 bits per heavy atom. The van der Waals surface area contributed by atoms with Gasteiger partial charge in [-0.3, -0.25) is 14.2 Å². The molecule has 0 aliphatic heterocycles. The summed E-state index contributed by atoms with van der Waals surface area (Å²) in [6, 6.07) is 7.10. The number of thioether (sulfide) groups is 1. The molecule has 5 nitrogen and oxygen atoms in total. The van der Waals surface area contributed by atoms with E-state index in [-0.39, 0.29) is 17.2 Å². The van der Waals surface area contributed by atoms with Crippen LogP contribution in [0.25, 0.3) is 10.2 Å². The number of thiophene rings is 1. The summed E-state index contributed by atoms with van der Waals surface area (Å²) in [5.74, 6) is -0.0356. The highest BCUT2D eigenvalue weighted by Crippen LogP contribution is 2.29. The fourth-order valence-electron chi connectivity index (χ4n) is 2.81. The van der Waals surface area contributed by atoms with E-state index in [0.717, 1.165) is 28.1 Å². The van der Waals surface area contributed by atoms with Gasteiger partial charge in [0.25, 0.3) is 5.56 Å². The second-order valence-corrected chi connectivity index (χ2v) is 9.04. The van der Waals surface area contributed by atoms with Crippen molar-refractivity contribution in [3.05, 3.63) is 50.1 Å². The number of carbonyl (C=O) groups excluding carboxylic acids is 1. The number of nitrogens with one attached hydrogen (secondary N) is 1. The molecule has 2 heterocycles. The van der Waals surface area contributed by atoms with Crippen LogP contribution in [0.4, 0.5) is 5.69 Å². The van der Waals surface area contributed by atoms with Crippen molar-refractivity contribution in [2.24, 2.45) is 0 Å². The largest absolute Gasteiger partial charge is 0.324 e. The number of aryl methyl sites for hydroxylation is 2. The van der Waals surface area contributed by atoms with Crippen LogP contribution in [0.5, 0.6) is 0 Å². The molecule has 0 saturated heterocycles. The molecule has 0 fully saturated rings. The molecular weight excluding hydrogens is 414 g/mol. The van der Waals surface area contributed by atoms with E-state index in [9.17, 15) is 9.59 Å². The third-order valence-corrected chi connectivity index (χ3v) is 6.88. The molecule has 0 bridgehead atoms. The lowest BCUT2D eigenvalue weighted by molar-refractivity contribution is -0.113. The van der Waals surface area contributed by atoms with Crippen molar-refractivity contribution in [3.8, 4) is 0 Å². The lowest BCUT2D eigenvalue weighted by atomic mass is 10.2. The van der Waals surface area contributed by atoms with E-state index in [2.05, 4.69) is 12.2 Å². The molecule has 3 rings (SSSR count). The number of anilines is 1. The number of halogens is 1. The molecule has 3 aromatic rings. The molecule has 28 heavy (non-hydrogen) atoms. The maximum atomic E-state index is 13.1. The van der Waals surface area contributed by atoms with E-state index < -0.39 is 0 Å². The lowest BCUT2D eigenvalue weighted by Crippen LogP contribution is -2.24. The van der Waals surface area contributed by atoms with E-state index in [1.54, 1.807) is 16.7 Å². The van der Waals surface area contributed by atoms with Gasteiger partial charge in [-0.05, 0) is 38.0 Å². The topological polar surface area (TPSA) is 64.0 Å². The molecule has 0 radical (unpaired) electrons. The molecule has 0 unspecified atom stereocenters. The van der Waals surface area contributed by atoms with Gasteiger partial charge in [0, 0.05) is 11.4 Å². The van der Waals surface area contributed by atoms with Crippen molar-refractivity contribution < 1.29 is 4.79 Å². The zero-order chi connectivity index (χ0) is 20.3. The average molecular weight is 436 g/mol. The molecular formula is C20H22ClN3O2S2. The minimum atomic E-state index is -0.187. The van der Waals surface area contributed by atoms with Crippen LogP contribution >= 0.6 is 34.7 Å². The molecule has 148 valence electrons. The Morgan fingerprint density at radius 3 is 2.79 bits per heavy atom. The molecule has 8 heteroatoms. The van der Waals surface area contributed by atoms with E-state index in [4.69, 9.17) is 16.6 Å². The van der Waals surface area contributed by atoms with Crippen LogP contribution in [0.3, 0.4) is 0 Å². The van der Waals surface area contributed by atoms with Crippen molar-refractivity contribution in [2.75, 3.05) is 11.1 Å². The molecule has 0 saturated carbocycles. The molecule has 1 aromatic carbocycles. The second-order valence-electron chi connectivity index (χ2n) is 6.48. The molecule has 0 aliphatic carbocycles. The Morgan fingerprint density at radius 1 is 1.32 bits per heavy atom. The highest BCUT2D eigenvalue weighted by atomic mass is 35.5. The molecule has 1 amide bonds. The summed E-state index contributed by atoms with van der Waals surface area (Å²) in [6.07, 6.45) is 1.86. The zero-order valence-corrected chi connectivity index (χ0v) is 18.4. The number of rotatable bonds is 7. The maximum Gasteiger partial charge on any atom is 0.263 e. The van der Waals surface area contributed by atoms with Gasteiger partial charge < -0.3 is 5.32 Å². The number of unbranched alkanes of at least 4 members (excludes halogenated alkanes) is 1. The Labute approximate surface area is 177 Å². The summed E-state index contributed by atoms with van der Waals surface area (Å²) >= 11 is 8.89. The predicted octanol–water partition coefficient (Wildman–Crippen LogP) is 5.26. The Hall–Kier alpha value is -1.83. The van der Waals surface area contributed by atoms with Gasteiger partial charge in [-0.15, -0.1) is 11.3 Å². The van der Waals surface area contributed by atoms with Crippen LogP contribution < -0.4 is 10.9 Å². The fourth-order valence-corrected chi connectivity index (χ4v) is 4.89. The molecule has 2 aromatic heterocycles. The Kier molecular flexibility index (Phi) is 6.80. The van der Waals surface area contributed by atoms with Gasteiger partial charge in [0.2, 0.25) is 5.91 Å². The summed E-state index contributed by atoms with van der Waals surface area (Å²) in [7, 11) is 0. The first-order valence-electron chi connectivity index (χ1n) is 9.10. The van der Waals surface area contributed by atoms with Crippen LogP contribution in [-0.4, -0.2) is 21.2 Å². The number of hydrogen-bond donors (Lipinski definition) is 1. The highest BCUT2D eigenvalue weighted by Gasteiger charge is 2.17. The minimum Gasteiger partial charge on any atom is -0.324 e. The first-order chi connectivity index (χ1) is 13.4. The summed E-state index contributed by atoms with van der Waals surface area (Å²) < 4.78 is 1.71. The number of nitrogens with zero attached hydrogens (tertiary/aromatic N) is 2. The predicted molar refractivity (Wildman–Crippen MR) is 119 cm³/mol. The first kappa shape index (κ1) is 20.9. The molecule has 1 N–H and O–H groups in total. The van der Waals surface area contributed by atoms with Crippen molar-refractivity contribution in [1.29, 1.82) is 0 Å². The standard InChI is InChI=1S/C20H22ClN3O2S2/c1-4-5-10-24-19(26)17-12(2)13(3)28-18(17)23-20(24)27-11-16(25)22-15-9-7-6-8-14(15)21/h6-9H,4-5,10-11H2,1-3H3,(H,22,25). The van der Waals surface area contributed by atoms with Crippen LogP contribution in [-0.2, 0) is 11.3 Å². The maximum absolute atomic E-state index is 13.1. The third kappa shape index (κ3) is 4.42. The third-order valence-electron chi connectivity index (χ3n) is 4.47. The van der Waals surface area contributed by atoms with Crippen molar-refractivity contribution in [2.45, 2.75) is 45.3 Å².